The maximum absolute atomic E-state index is 12.7. The quantitative estimate of drug-likeness (QED) is 0.844. The van der Waals surface area contributed by atoms with Crippen molar-refractivity contribution in [2.24, 2.45) is 0 Å². The van der Waals surface area contributed by atoms with Crippen LogP contribution in [0.1, 0.15) is 54.8 Å². The Labute approximate surface area is 142 Å². The van der Waals surface area contributed by atoms with Crippen LogP contribution in [-0.2, 0) is 13.0 Å². The molecule has 0 atom stereocenters. The van der Waals surface area contributed by atoms with Gasteiger partial charge < -0.3 is 14.5 Å². The zero-order valence-electron chi connectivity index (χ0n) is 14.7. The second-order valence-corrected chi connectivity index (χ2v) is 6.56. The predicted molar refractivity (Wildman–Crippen MR) is 90.5 cm³/mol. The van der Waals surface area contributed by atoms with Crippen molar-refractivity contribution in [2.45, 2.75) is 52.7 Å². The average molecular weight is 331 g/mol. The standard InChI is InChI=1S/C18H25N3O3/c1-5-21(12-16-19-13(2)24-20-16)17(22)15-8-6-7-14(11-15)9-10-18(3,4)23/h6-8,11,23H,5,9-10,12H2,1-4H3. The number of amides is 1. The van der Waals surface area contributed by atoms with Crippen LogP contribution >= 0.6 is 0 Å². The Bertz CT molecular complexity index is 689. The summed E-state index contributed by atoms with van der Waals surface area (Å²) in [5.41, 5.74) is 0.950. The molecular weight excluding hydrogens is 306 g/mol. The van der Waals surface area contributed by atoms with E-state index >= 15 is 0 Å². The van der Waals surface area contributed by atoms with Crippen molar-refractivity contribution in [2.75, 3.05) is 6.54 Å². The highest BCUT2D eigenvalue weighted by Gasteiger charge is 2.18. The van der Waals surface area contributed by atoms with Crippen LogP contribution in [0.2, 0.25) is 0 Å². The van der Waals surface area contributed by atoms with E-state index < -0.39 is 5.60 Å². The smallest absolute Gasteiger partial charge is 0.254 e. The van der Waals surface area contributed by atoms with Gasteiger partial charge in [-0.25, -0.2) is 0 Å². The molecule has 6 heteroatoms. The fraction of sp³-hybridized carbons (Fsp3) is 0.500. The molecule has 1 N–H and O–H groups in total. The van der Waals surface area contributed by atoms with Crippen LogP contribution < -0.4 is 0 Å². The summed E-state index contributed by atoms with van der Waals surface area (Å²) in [4.78, 5) is 18.6. The van der Waals surface area contributed by atoms with Crippen molar-refractivity contribution in [3.8, 4) is 0 Å². The number of nitrogens with zero attached hydrogens (tertiary/aromatic N) is 3. The molecule has 0 unspecified atom stereocenters. The lowest BCUT2D eigenvalue weighted by Gasteiger charge is -2.20. The maximum Gasteiger partial charge on any atom is 0.254 e. The molecule has 130 valence electrons. The van der Waals surface area contributed by atoms with E-state index in [0.29, 0.717) is 36.8 Å². The molecule has 0 saturated heterocycles. The number of rotatable bonds is 7. The summed E-state index contributed by atoms with van der Waals surface area (Å²) in [6, 6.07) is 7.54. The van der Waals surface area contributed by atoms with Crippen molar-refractivity contribution in [1.82, 2.24) is 15.0 Å². The second kappa shape index (κ2) is 7.57. The van der Waals surface area contributed by atoms with Gasteiger partial charge in [0.25, 0.3) is 5.91 Å². The number of carbonyl (C=O) groups excluding carboxylic acids is 1. The fourth-order valence-electron chi connectivity index (χ4n) is 2.40. The SMILES string of the molecule is CCN(Cc1noc(C)n1)C(=O)c1cccc(CCC(C)(C)O)c1. The first-order chi connectivity index (χ1) is 11.3. The van der Waals surface area contributed by atoms with E-state index in [1.54, 1.807) is 31.7 Å². The molecule has 2 aromatic rings. The third-order valence-electron chi connectivity index (χ3n) is 3.77. The van der Waals surface area contributed by atoms with Crippen LogP contribution in [0.15, 0.2) is 28.8 Å². The van der Waals surface area contributed by atoms with Gasteiger partial charge in [0.2, 0.25) is 5.89 Å². The first-order valence-electron chi connectivity index (χ1n) is 8.18. The largest absolute Gasteiger partial charge is 0.390 e. The zero-order valence-corrected chi connectivity index (χ0v) is 14.7. The summed E-state index contributed by atoms with van der Waals surface area (Å²) in [5.74, 6) is 0.924. The maximum atomic E-state index is 12.7. The van der Waals surface area contributed by atoms with E-state index in [0.717, 1.165) is 12.0 Å². The molecule has 0 aliphatic heterocycles. The highest BCUT2D eigenvalue weighted by molar-refractivity contribution is 5.94. The monoisotopic (exact) mass is 331 g/mol. The van der Waals surface area contributed by atoms with Gasteiger partial charge >= 0.3 is 0 Å². The van der Waals surface area contributed by atoms with E-state index in [2.05, 4.69) is 10.1 Å². The minimum absolute atomic E-state index is 0.0648. The topological polar surface area (TPSA) is 79.5 Å². The molecule has 0 aliphatic rings. The molecule has 0 bridgehead atoms. The summed E-state index contributed by atoms with van der Waals surface area (Å²) in [6.45, 7) is 8.09. The highest BCUT2D eigenvalue weighted by atomic mass is 16.5. The second-order valence-electron chi connectivity index (χ2n) is 6.56. The number of benzene rings is 1. The minimum Gasteiger partial charge on any atom is -0.390 e. The van der Waals surface area contributed by atoms with Gasteiger partial charge in [-0.05, 0) is 51.3 Å². The molecule has 6 nitrogen and oxygen atoms in total. The molecule has 1 aromatic carbocycles. The third-order valence-corrected chi connectivity index (χ3v) is 3.77. The van der Waals surface area contributed by atoms with E-state index in [9.17, 15) is 9.90 Å². The first kappa shape index (κ1) is 18.1. The summed E-state index contributed by atoms with van der Waals surface area (Å²) in [7, 11) is 0. The Morgan fingerprint density at radius 2 is 2.12 bits per heavy atom. The van der Waals surface area contributed by atoms with Crippen LogP contribution in [-0.4, -0.2) is 38.2 Å². The fourth-order valence-corrected chi connectivity index (χ4v) is 2.40. The van der Waals surface area contributed by atoms with Crippen LogP contribution in [0, 0.1) is 6.92 Å². The number of aliphatic hydroxyl groups is 1. The van der Waals surface area contributed by atoms with Crippen LogP contribution in [0.4, 0.5) is 0 Å². The molecule has 2 rings (SSSR count). The number of carbonyl (C=O) groups is 1. The Balaban J connectivity index is 2.09. The van der Waals surface area contributed by atoms with Gasteiger partial charge in [0, 0.05) is 19.0 Å². The van der Waals surface area contributed by atoms with E-state index in [4.69, 9.17) is 4.52 Å². The molecule has 0 radical (unpaired) electrons. The van der Waals surface area contributed by atoms with Crippen LogP contribution in [0.3, 0.4) is 0 Å². The van der Waals surface area contributed by atoms with E-state index in [1.807, 2.05) is 25.1 Å². The van der Waals surface area contributed by atoms with Gasteiger partial charge in [-0.3, -0.25) is 4.79 Å². The van der Waals surface area contributed by atoms with Gasteiger partial charge in [0.1, 0.15) is 0 Å². The van der Waals surface area contributed by atoms with Crippen molar-refractivity contribution in [1.29, 1.82) is 0 Å². The van der Waals surface area contributed by atoms with Crippen molar-refractivity contribution >= 4 is 5.91 Å². The molecule has 1 amide bonds. The van der Waals surface area contributed by atoms with Gasteiger partial charge in [-0.1, -0.05) is 17.3 Å². The molecular formula is C18H25N3O3. The molecule has 0 aliphatic carbocycles. The molecule has 0 saturated carbocycles. The van der Waals surface area contributed by atoms with E-state index in [-0.39, 0.29) is 5.91 Å². The van der Waals surface area contributed by atoms with Gasteiger partial charge in [-0.2, -0.15) is 4.98 Å². The van der Waals surface area contributed by atoms with Crippen LogP contribution in [0.5, 0.6) is 0 Å². The predicted octanol–water partition coefficient (Wildman–Crippen LogP) is 2.74. The Morgan fingerprint density at radius 1 is 1.38 bits per heavy atom. The summed E-state index contributed by atoms with van der Waals surface area (Å²) in [6.07, 6.45) is 1.37. The molecule has 1 heterocycles. The lowest BCUT2D eigenvalue weighted by atomic mass is 9.98. The molecule has 1 aromatic heterocycles. The highest BCUT2D eigenvalue weighted by Crippen LogP contribution is 2.16. The zero-order chi connectivity index (χ0) is 17.7. The summed E-state index contributed by atoms with van der Waals surface area (Å²) >= 11 is 0. The molecule has 24 heavy (non-hydrogen) atoms. The lowest BCUT2D eigenvalue weighted by molar-refractivity contribution is 0.0714. The number of aryl methyl sites for hydroxylation is 2. The Kier molecular flexibility index (Phi) is 5.72. The van der Waals surface area contributed by atoms with Gasteiger partial charge in [0.05, 0.1) is 12.1 Å². The van der Waals surface area contributed by atoms with E-state index in [1.165, 1.54) is 0 Å². The molecule has 0 fully saturated rings. The number of aromatic nitrogens is 2. The number of hydrogen-bond acceptors (Lipinski definition) is 5. The lowest BCUT2D eigenvalue weighted by Crippen LogP contribution is -2.30. The van der Waals surface area contributed by atoms with Gasteiger partial charge in [0.15, 0.2) is 5.82 Å². The Hall–Kier alpha value is -2.21. The third kappa shape index (κ3) is 5.16. The summed E-state index contributed by atoms with van der Waals surface area (Å²) < 4.78 is 4.96. The Morgan fingerprint density at radius 3 is 2.71 bits per heavy atom. The van der Waals surface area contributed by atoms with Crippen molar-refractivity contribution in [3.05, 3.63) is 47.1 Å². The summed E-state index contributed by atoms with van der Waals surface area (Å²) in [5, 5.41) is 13.7. The first-order valence-corrected chi connectivity index (χ1v) is 8.18. The average Bonchev–Trinajstić information content (AvgIpc) is 2.95. The molecule has 0 spiro atoms. The van der Waals surface area contributed by atoms with Crippen molar-refractivity contribution in [3.63, 3.8) is 0 Å². The normalized spacial score (nSPS) is 11.5. The number of hydrogen-bond donors (Lipinski definition) is 1. The van der Waals surface area contributed by atoms with Crippen LogP contribution in [0.25, 0.3) is 0 Å². The van der Waals surface area contributed by atoms with Gasteiger partial charge in [-0.15, -0.1) is 0 Å². The minimum atomic E-state index is -0.716. The van der Waals surface area contributed by atoms with Crippen molar-refractivity contribution < 1.29 is 14.4 Å².